The normalized spacial score (nSPS) is 10.7. The molecule has 0 atom stereocenters. The first-order valence-corrected chi connectivity index (χ1v) is 9.47. The van der Waals surface area contributed by atoms with Crippen molar-refractivity contribution in [1.82, 2.24) is 19.7 Å². The Kier molecular flexibility index (Phi) is 6.90. The van der Waals surface area contributed by atoms with Crippen molar-refractivity contribution >= 4 is 23.4 Å². The van der Waals surface area contributed by atoms with Crippen LogP contribution < -0.4 is 10.1 Å². The van der Waals surface area contributed by atoms with Gasteiger partial charge in [-0.25, -0.2) is 0 Å². The second kappa shape index (κ2) is 9.78. The van der Waals surface area contributed by atoms with Crippen LogP contribution in [0.4, 0.5) is 14.5 Å². The van der Waals surface area contributed by atoms with Gasteiger partial charge in [-0.15, -0.1) is 16.8 Å². The van der Waals surface area contributed by atoms with E-state index in [4.69, 9.17) is 0 Å². The largest absolute Gasteiger partial charge is 0.435 e. The van der Waals surface area contributed by atoms with Crippen LogP contribution in [-0.4, -0.2) is 38.0 Å². The highest BCUT2D eigenvalue weighted by atomic mass is 32.2. The molecule has 1 aromatic carbocycles. The minimum absolute atomic E-state index is 0.0218. The van der Waals surface area contributed by atoms with Gasteiger partial charge in [0.15, 0.2) is 11.0 Å². The van der Waals surface area contributed by atoms with Gasteiger partial charge >= 0.3 is 6.61 Å². The van der Waals surface area contributed by atoms with Gasteiger partial charge in [-0.05, 0) is 36.4 Å². The molecular weight excluding hydrogens is 400 g/mol. The number of carbonyl (C=O) groups excluding carboxylic acids is 1. The first-order chi connectivity index (χ1) is 14.1. The fourth-order valence-corrected chi connectivity index (χ4v) is 3.20. The molecule has 0 aliphatic rings. The highest BCUT2D eigenvalue weighted by molar-refractivity contribution is 7.99. The van der Waals surface area contributed by atoms with E-state index in [0.717, 1.165) is 5.56 Å². The third-order valence-electron chi connectivity index (χ3n) is 3.66. The third-order valence-corrected chi connectivity index (χ3v) is 4.63. The van der Waals surface area contributed by atoms with Crippen LogP contribution >= 0.6 is 11.8 Å². The number of anilines is 1. The summed E-state index contributed by atoms with van der Waals surface area (Å²) in [4.78, 5) is 16.2. The Bertz CT molecular complexity index is 964. The van der Waals surface area contributed by atoms with Gasteiger partial charge in [0.05, 0.1) is 5.75 Å². The van der Waals surface area contributed by atoms with E-state index in [1.165, 1.54) is 36.0 Å². The van der Waals surface area contributed by atoms with E-state index >= 15 is 0 Å². The number of halogens is 2. The van der Waals surface area contributed by atoms with Crippen LogP contribution in [0, 0.1) is 0 Å². The number of aromatic nitrogens is 4. The second-order valence-electron chi connectivity index (χ2n) is 5.68. The number of hydrogen-bond acceptors (Lipinski definition) is 6. The Hall–Kier alpha value is -3.27. The first kappa shape index (κ1) is 20.5. The van der Waals surface area contributed by atoms with Crippen molar-refractivity contribution < 1.29 is 18.3 Å². The summed E-state index contributed by atoms with van der Waals surface area (Å²) in [6.07, 6.45) is 5.06. The second-order valence-corrected chi connectivity index (χ2v) is 6.62. The average molecular weight is 417 g/mol. The number of carbonyl (C=O) groups is 1. The smallest absolute Gasteiger partial charge is 0.387 e. The zero-order chi connectivity index (χ0) is 20.6. The van der Waals surface area contributed by atoms with Crippen LogP contribution in [0.3, 0.4) is 0 Å². The molecule has 0 saturated heterocycles. The predicted molar refractivity (Wildman–Crippen MR) is 106 cm³/mol. The zero-order valence-electron chi connectivity index (χ0n) is 15.2. The number of pyridine rings is 1. The van der Waals surface area contributed by atoms with Crippen LogP contribution in [-0.2, 0) is 11.3 Å². The lowest BCUT2D eigenvalue weighted by molar-refractivity contribution is -0.113. The van der Waals surface area contributed by atoms with E-state index in [1.807, 2.05) is 16.7 Å². The molecule has 0 fully saturated rings. The van der Waals surface area contributed by atoms with Gasteiger partial charge in [0.2, 0.25) is 5.91 Å². The molecule has 1 amide bonds. The van der Waals surface area contributed by atoms with Crippen LogP contribution in [0.2, 0.25) is 0 Å². The van der Waals surface area contributed by atoms with Crippen molar-refractivity contribution in [2.45, 2.75) is 18.3 Å². The fraction of sp³-hybridized carbons (Fsp3) is 0.158. The van der Waals surface area contributed by atoms with Gasteiger partial charge in [-0.2, -0.15) is 8.78 Å². The molecule has 150 valence electrons. The summed E-state index contributed by atoms with van der Waals surface area (Å²) in [7, 11) is 0. The van der Waals surface area contributed by atoms with E-state index < -0.39 is 6.61 Å². The summed E-state index contributed by atoms with van der Waals surface area (Å²) in [5.74, 6) is 0.510. The van der Waals surface area contributed by atoms with Crippen molar-refractivity contribution in [3.63, 3.8) is 0 Å². The van der Waals surface area contributed by atoms with Crippen molar-refractivity contribution in [2.24, 2.45) is 0 Å². The maximum atomic E-state index is 12.2. The maximum absolute atomic E-state index is 12.2. The van der Waals surface area contributed by atoms with E-state index in [9.17, 15) is 13.6 Å². The van der Waals surface area contributed by atoms with Crippen molar-refractivity contribution in [3.8, 4) is 17.1 Å². The monoisotopic (exact) mass is 417 g/mol. The lowest BCUT2D eigenvalue weighted by atomic mass is 10.2. The van der Waals surface area contributed by atoms with Crippen molar-refractivity contribution in [2.75, 3.05) is 11.1 Å². The number of benzene rings is 1. The van der Waals surface area contributed by atoms with Gasteiger partial charge in [0.25, 0.3) is 0 Å². The molecule has 0 aliphatic carbocycles. The fourth-order valence-electron chi connectivity index (χ4n) is 2.45. The highest BCUT2D eigenvalue weighted by Crippen LogP contribution is 2.24. The molecule has 10 heteroatoms. The molecule has 0 unspecified atom stereocenters. The quantitative estimate of drug-likeness (QED) is 0.421. The molecule has 2 aromatic heterocycles. The molecule has 1 N–H and O–H groups in total. The van der Waals surface area contributed by atoms with Crippen molar-refractivity contribution in [1.29, 1.82) is 0 Å². The van der Waals surface area contributed by atoms with Crippen LogP contribution in [0.25, 0.3) is 11.4 Å². The topological polar surface area (TPSA) is 81.9 Å². The molecule has 0 saturated carbocycles. The Morgan fingerprint density at radius 1 is 1.21 bits per heavy atom. The molecule has 29 heavy (non-hydrogen) atoms. The lowest BCUT2D eigenvalue weighted by Crippen LogP contribution is -2.14. The van der Waals surface area contributed by atoms with E-state index in [0.29, 0.717) is 23.2 Å². The Morgan fingerprint density at radius 2 is 1.93 bits per heavy atom. The number of alkyl halides is 2. The molecule has 0 radical (unpaired) electrons. The highest BCUT2D eigenvalue weighted by Gasteiger charge is 2.15. The Morgan fingerprint density at radius 3 is 2.59 bits per heavy atom. The summed E-state index contributed by atoms with van der Waals surface area (Å²) in [5.41, 5.74) is 1.33. The predicted octanol–water partition coefficient (Wildman–Crippen LogP) is 3.86. The maximum Gasteiger partial charge on any atom is 0.387 e. The van der Waals surface area contributed by atoms with Gasteiger partial charge in [-0.1, -0.05) is 17.8 Å². The minimum Gasteiger partial charge on any atom is -0.435 e. The number of hydrogen-bond donors (Lipinski definition) is 1. The molecule has 2 heterocycles. The number of amides is 1. The Labute approximate surface area is 169 Å². The van der Waals surface area contributed by atoms with Gasteiger partial charge < -0.3 is 10.1 Å². The molecule has 7 nitrogen and oxygen atoms in total. The van der Waals surface area contributed by atoms with Crippen LogP contribution in [0.1, 0.15) is 0 Å². The van der Waals surface area contributed by atoms with E-state index in [1.54, 1.807) is 18.5 Å². The van der Waals surface area contributed by atoms with Gasteiger partial charge in [0, 0.05) is 30.2 Å². The Balaban J connectivity index is 1.63. The summed E-state index contributed by atoms with van der Waals surface area (Å²) in [6.45, 7) is 1.35. The summed E-state index contributed by atoms with van der Waals surface area (Å²) >= 11 is 1.23. The minimum atomic E-state index is -2.89. The number of thioether (sulfide) groups is 1. The molecule has 3 aromatic rings. The van der Waals surface area contributed by atoms with Crippen molar-refractivity contribution in [3.05, 3.63) is 61.4 Å². The number of ether oxygens (including phenoxy) is 1. The SMILES string of the molecule is C=CCn1c(SCC(=O)Nc2ccc(OC(F)F)cc2)nnc1-c1ccncc1. The van der Waals surface area contributed by atoms with Gasteiger partial charge in [-0.3, -0.25) is 14.3 Å². The zero-order valence-corrected chi connectivity index (χ0v) is 16.0. The summed E-state index contributed by atoms with van der Waals surface area (Å²) in [6, 6.07) is 9.34. The summed E-state index contributed by atoms with van der Waals surface area (Å²) in [5, 5.41) is 11.6. The van der Waals surface area contributed by atoms with Gasteiger partial charge in [0.1, 0.15) is 5.75 Å². The molecule has 0 aliphatic heterocycles. The molecular formula is C19H17F2N5O2S. The standard InChI is InChI=1S/C19H17F2N5O2S/c1-2-11-26-17(13-7-9-22-10-8-13)24-25-19(26)29-12-16(27)23-14-3-5-15(6-4-14)28-18(20)21/h2-10,18H,1,11-12H2,(H,23,27). The average Bonchev–Trinajstić information content (AvgIpc) is 3.11. The number of allylic oxidation sites excluding steroid dienone is 1. The summed E-state index contributed by atoms with van der Waals surface area (Å²) < 4.78 is 30.5. The molecule has 0 spiro atoms. The van der Waals surface area contributed by atoms with Crippen LogP contribution in [0.15, 0.2) is 66.6 Å². The number of rotatable bonds is 9. The third kappa shape index (κ3) is 5.61. The van der Waals surface area contributed by atoms with Crippen LogP contribution in [0.5, 0.6) is 5.75 Å². The van der Waals surface area contributed by atoms with E-state index in [2.05, 4.69) is 31.8 Å². The molecule has 3 rings (SSSR count). The van der Waals surface area contributed by atoms with E-state index in [-0.39, 0.29) is 17.4 Å². The number of nitrogens with zero attached hydrogens (tertiary/aromatic N) is 4. The first-order valence-electron chi connectivity index (χ1n) is 8.49. The number of nitrogens with one attached hydrogen (secondary N) is 1. The lowest BCUT2D eigenvalue weighted by Gasteiger charge is -2.09. The molecule has 0 bridgehead atoms.